The minimum absolute atomic E-state index is 0.0925. The summed E-state index contributed by atoms with van der Waals surface area (Å²) in [7, 11) is 0. The highest BCUT2D eigenvalue weighted by molar-refractivity contribution is 6.10. The molecule has 2 aliphatic rings. The molecule has 3 nitrogen and oxygen atoms in total. The van der Waals surface area contributed by atoms with Crippen LogP contribution in [0, 0.1) is 12.8 Å². The van der Waals surface area contributed by atoms with Crippen LogP contribution in [-0.4, -0.2) is 11.5 Å². The maximum Gasteiger partial charge on any atom is 0.144 e. The Morgan fingerprint density at radius 2 is 1.55 bits per heavy atom. The van der Waals surface area contributed by atoms with Gasteiger partial charge in [0, 0.05) is 12.1 Å². The van der Waals surface area contributed by atoms with Crippen LogP contribution in [0.3, 0.4) is 0 Å². The van der Waals surface area contributed by atoms with Crippen molar-refractivity contribution in [1.82, 2.24) is 0 Å². The standard InChI is InChI=1S/C26H24N2O/c1-17-11-13-18(14-12-17)20-15-23-25(24(29)16-20)26(19-7-3-2-4-8-19)28-22-10-6-5-9-21(22)27-23/h2-14,20,25-26,28H,15-16H2,1H3/t20-,25?,26-/m0/s1. The molecule has 0 saturated heterocycles. The van der Waals surface area contributed by atoms with Gasteiger partial charge in [-0.25, -0.2) is 0 Å². The Morgan fingerprint density at radius 1 is 0.828 bits per heavy atom. The molecule has 1 aliphatic heterocycles. The summed E-state index contributed by atoms with van der Waals surface area (Å²) >= 11 is 0. The van der Waals surface area contributed by atoms with E-state index in [9.17, 15) is 4.79 Å². The third-order valence-electron chi connectivity index (χ3n) is 6.13. The summed E-state index contributed by atoms with van der Waals surface area (Å²) in [6.07, 6.45) is 1.38. The van der Waals surface area contributed by atoms with E-state index in [4.69, 9.17) is 4.99 Å². The number of anilines is 1. The van der Waals surface area contributed by atoms with Crippen molar-refractivity contribution in [2.45, 2.75) is 31.7 Å². The van der Waals surface area contributed by atoms with Crippen LogP contribution in [0.5, 0.6) is 0 Å². The lowest BCUT2D eigenvalue weighted by atomic mass is 9.72. The number of nitrogens with one attached hydrogen (secondary N) is 1. The Bertz CT molecular complexity index is 1070. The van der Waals surface area contributed by atoms with Gasteiger partial charge >= 0.3 is 0 Å². The fraction of sp³-hybridized carbons (Fsp3) is 0.231. The number of Topliss-reactive ketones (excluding diaryl/α,β-unsaturated/α-hetero) is 1. The lowest BCUT2D eigenvalue weighted by molar-refractivity contribution is -0.122. The van der Waals surface area contributed by atoms with Gasteiger partial charge in [0.2, 0.25) is 0 Å². The van der Waals surface area contributed by atoms with Gasteiger partial charge in [-0.1, -0.05) is 72.3 Å². The first-order valence-corrected chi connectivity index (χ1v) is 10.3. The van der Waals surface area contributed by atoms with Crippen LogP contribution in [-0.2, 0) is 4.79 Å². The molecule has 3 aromatic carbocycles. The first-order valence-electron chi connectivity index (χ1n) is 10.3. The van der Waals surface area contributed by atoms with Crippen molar-refractivity contribution in [3.63, 3.8) is 0 Å². The quantitative estimate of drug-likeness (QED) is 0.593. The van der Waals surface area contributed by atoms with Gasteiger partial charge in [0.1, 0.15) is 5.78 Å². The molecule has 3 heteroatoms. The predicted molar refractivity (Wildman–Crippen MR) is 118 cm³/mol. The molecule has 1 unspecified atom stereocenters. The maximum atomic E-state index is 13.4. The monoisotopic (exact) mass is 380 g/mol. The minimum Gasteiger partial charge on any atom is -0.375 e. The molecular weight excluding hydrogens is 356 g/mol. The van der Waals surface area contributed by atoms with Gasteiger partial charge in [0.15, 0.2) is 0 Å². The molecule has 5 rings (SSSR count). The number of hydrogen-bond acceptors (Lipinski definition) is 3. The number of benzene rings is 3. The van der Waals surface area contributed by atoms with E-state index in [1.165, 1.54) is 11.1 Å². The van der Waals surface area contributed by atoms with Crippen molar-refractivity contribution in [3.8, 4) is 0 Å². The molecule has 0 amide bonds. The normalized spacial score (nSPS) is 23.3. The second-order valence-electron chi connectivity index (χ2n) is 8.11. The number of ketones is 1. The Hall–Kier alpha value is -3.20. The average Bonchev–Trinajstić information content (AvgIpc) is 2.92. The number of fused-ring (bicyclic) bond motifs is 2. The Labute approximate surface area is 171 Å². The lowest BCUT2D eigenvalue weighted by Gasteiger charge is -2.34. The van der Waals surface area contributed by atoms with Crippen LogP contribution in [0.4, 0.5) is 11.4 Å². The number of carbonyl (C=O) groups excluding carboxylic acids is 1. The van der Waals surface area contributed by atoms with E-state index in [1.54, 1.807) is 0 Å². The van der Waals surface area contributed by atoms with Gasteiger partial charge in [-0.3, -0.25) is 9.79 Å². The highest BCUT2D eigenvalue weighted by atomic mass is 16.1. The van der Waals surface area contributed by atoms with Gasteiger partial charge < -0.3 is 5.32 Å². The van der Waals surface area contributed by atoms with Crippen LogP contribution >= 0.6 is 0 Å². The van der Waals surface area contributed by atoms with E-state index in [0.717, 1.165) is 29.1 Å². The molecule has 0 spiro atoms. The molecule has 0 bridgehead atoms. The number of para-hydroxylation sites is 2. The van der Waals surface area contributed by atoms with Crippen LogP contribution in [0.2, 0.25) is 0 Å². The number of rotatable bonds is 2. The molecule has 3 atom stereocenters. The number of aryl methyl sites for hydroxylation is 1. The zero-order valence-electron chi connectivity index (χ0n) is 16.5. The number of hydrogen-bond donors (Lipinski definition) is 1. The second-order valence-corrected chi connectivity index (χ2v) is 8.11. The van der Waals surface area contributed by atoms with Crippen molar-refractivity contribution in [3.05, 3.63) is 95.6 Å². The first-order chi connectivity index (χ1) is 14.2. The van der Waals surface area contributed by atoms with Crippen molar-refractivity contribution >= 4 is 22.9 Å². The molecule has 144 valence electrons. The highest BCUT2D eigenvalue weighted by Gasteiger charge is 2.41. The first kappa shape index (κ1) is 17.9. The summed E-state index contributed by atoms with van der Waals surface area (Å²) in [5.74, 6) is 0.237. The molecule has 3 aromatic rings. The molecule has 1 saturated carbocycles. The summed E-state index contributed by atoms with van der Waals surface area (Å²) in [5, 5.41) is 3.63. The van der Waals surface area contributed by atoms with E-state index in [0.29, 0.717) is 6.42 Å². The van der Waals surface area contributed by atoms with Crippen LogP contribution in [0.25, 0.3) is 0 Å². The number of carbonyl (C=O) groups is 1. The zero-order chi connectivity index (χ0) is 19.8. The average molecular weight is 380 g/mol. The third kappa shape index (κ3) is 3.38. The topological polar surface area (TPSA) is 41.5 Å². The number of nitrogens with zero attached hydrogens (tertiary/aromatic N) is 1. The van der Waals surface area contributed by atoms with E-state index in [-0.39, 0.29) is 23.7 Å². The van der Waals surface area contributed by atoms with Crippen LogP contribution in [0.1, 0.15) is 41.5 Å². The predicted octanol–water partition coefficient (Wildman–Crippen LogP) is 6.00. The number of aliphatic imine (C=N–C) groups is 1. The Morgan fingerprint density at radius 3 is 2.34 bits per heavy atom. The summed E-state index contributed by atoms with van der Waals surface area (Å²) in [6.45, 7) is 2.09. The highest BCUT2D eigenvalue weighted by Crippen LogP contribution is 2.43. The van der Waals surface area contributed by atoms with Crippen LogP contribution in [0.15, 0.2) is 83.9 Å². The van der Waals surface area contributed by atoms with Crippen molar-refractivity contribution in [2.24, 2.45) is 10.9 Å². The molecule has 0 aromatic heterocycles. The molecular formula is C26H24N2O. The van der Waals surface area contributed by atoms with Gasteiger partial charge in [0.25, 0.3) is 0 Å². The molecule has 1 heterocycles. The second kappa shape index (κ2) is 7.32. The molecule has 1 N–H and O–H groups in total. The van der Waals surface area contributed by atoms with Crippen molar-refractivity contribution < 1.29 is 4.79 Å². The van der Waals surface area contributed by atoms with Gasteiger partial charge in [-0.15, -0.1) is 0 Å². The zero-order valence-corrected chi connectivity index (χ0v) is 16.5. The maximum absolute atomic E-state index is 13.4. The Kier molecular flexibility index (Phi) is 4.51. The van der Waals surface area contributed by atoms with Crippen molar-refractivity contribution in [2.75, 3.05) is 5.32 Å². The van der Waals surface area contributed by atoms with Crippen LogP contribution < -0.4 is 5.32 Å². The molecule has 1 fully saturated rings. The van der Waals surface area contributed by atoms with E-state index < -0.39 is 0 Å². The molecule has 1 aliphatic carbocycles. The fourth-order valence-electron chi connectivity index (χ4n) is 4.61. The van der Waals surface area contributed by atoms with Crippen molar-refractivity contribution in [1.29, 1.82) is 0 Å². The SMILES string of the molecule is Cc1ccc([C@@H]2CC(=O)C3C(=Nc4ccccc4N[C@H]3c3ccccc3)C2)cc1. The third-order valence-corrected chi connectivity index (χ3v) is 6.13. The van der Waals surface area contributed by atoms with E-state index >= 15 is 0 Å². The Balaban J connectivity index is 1.58. The minimum atomic E-state index is -0.230. The fourth-order valence-corrected chi connectivity index (χ4v) is 4.61. The van der Waals surface area contributed by atoms with Gasteiger partial charge in [-0.05, 0) is 42.5 Å². The summed E-state index contributed by atoms with van der Waals surface area (Å²) < 4.78 is 0. The van der Waals surface area contributed by atoms with Gasteiger partial charge in [-0.2, -0.15) is 0 Å². The summed E-state index contributed by atoms with van der Waals surface area (Å²) in [5.41, 5.74) is 6.50. The molecule has 0 radical (unpaired) electrons. The van der Waals surface area contributed by atoms with Gasteiger partial charge in [0.05, 0.1) is 23.3 Å². The lowest BCUT2D eigenvalue weighted by Crippen LogP contribution is -2.38. The largest absolute Gasteiger partial charge is 0.375 e. The van der Waals surface area contributed by atoms with E-state index in [2.05, 4.69) is 54.7 Å². The smallest absolute Gasteiger partial charge is 0.144 e. The molecule has 29 heavy (non-hydrogen) atoms. The van der Waals surface area contributed by atoms with E-state index in [1.807, 2.05) is 36.4 Å². The summed E-state index contributed by atoms with van der Waals surface area (Å²) in [6, 6.07) is 26.9. The summed E-state index contributed by atoms with van der Waals surface area (Å²) in [4.78, 5) is 18.5.